The number of aryl methyl sites for hydroxylation is 1. The number of rotatable bonds is 5. The Bertz CT molecular complexity index is 1700. The van der Waals surface area contributed by atoms with E-state index in [-0.39, 0.29) is 10.0 Å². The molecule has 0 radical (unpaired) electrons. The number of carbonyl (C=O) groups excluding carboxylic acids is 1. The highest BCUT2D eigenvalue weighted by atomic mass is 35.5. The van der Waals surface area contributed by atoms with Crippen LogP contribution in [0.4, 0.5) is 21.3 Å². The maximum atomic E-state index is 12.9. The highest BCUT2D eigenvalue weighted by molar-refractivity contribution is 7.93. The van der Waals surface area contributed by atoms with Crippen molar-refractivity contribution in [1.29, 1.82) is 0 Å². The summed E-state index contributed by atoms with van der Waals surface area (Å²) in [5.74, 6) is 0. The van der Waals surface area contributed by atoms with Crippen LogP contribution in [0, 0.1) is 6.92 Å². The summed E-state index contributed by atoms with van der Waals surface area (Å²) in [4.78, 5) is 16.9. The normalized spacial score (nSPS) is 11.5. The van der Waals surface area contributed by atoms with Crippen LogP contribution in [0.5, 0.6) is 0 Å². The Morgan fingerprint density at radius 1 is 0.886 bits per heavy atom. The van der Waals surface area contributed by atoms with Crippen molar-refractivity contribution in [2.75, 3.05) is 15.4 Å². The van der Waals surface area contributed by atoms with Crippen molar-refractivity contribution in [3.05, 3.63) is 89.4 Å². The second kappa shape index (κ2) is 9.18. The first kappa shape index (κ1) is 23.1. The van der Waals surface area contributed by atoms with Gasteiger partial charge in [-0.2, -0.15) is 0 Å². The first-order chi connectivity index (χ1) is 16.8. The zero-order valence-corrected chi connectivity index (χ0v) is 20.8. The number of hydrogen-bond acceptors (Lipinski definition) is 5. The van der Waals surface area contributed by atoms with Crippen LogP contribution in [0.1, 0.15) is 5.56 Å². The lowest BCUT2D eigenvalue weighted by Crippen LogP contribution is -2.19. The molecule has 7 nitrogen and oxygen atoms in total. The van der Waals surface area contributed by atoms with Crippen LogP contribution in [0.15, 0.2) is 83.8 Å². The molecule has 0 saturated carbocycles. The fourth-order valence-electron chi connectivity index (χ4n) is 3.52. The predicted octanol–water partition coefficient (Wildman–Crippen LogP) is 6.86. The first-order valence-corrected chi connectivity index (χ1v) is 13.2. The Hall–Kier alpha value is -3.66. The number of aromatic nitrogens is 1. The molecule has 35 heavy (non-hydrogen) atoms. The maximum absolute atomic E-state index is 12.9. The molecule has 1 aromatic heterocycles. The number of thiazole rings is 1. The molecule has 5 aromatic rings. The number of nitrogens with zero attached hydrogens (tertiary/aromatic N) is 1. The Morgan fingerprint density at radius 3 is 2.37 bits per heavy atom. The second-order valence-corrected chi connectivity index (χ2v) is 11.0. The van der Waals surface area contributed by atoms with Gasteiger partial charge in [-0.25, -0.2) is 18.2 Å². The van der Waals surface area contributed by atoms with Crippen molar-refractivity contribution in [1.82, 2.24) is 4.98 Å². The molecule has 0 spiro atoms. The number of benzene rings is 4. The van der Waals surface area contributed by atoms with E-state index < -0.39 is 16.1 Å². The molecule has 5 rings (SSSR count). The van der Waals surface area contributed by atoms with Gasteiger partial charge in [0.25, 0.3) is 10.0 Å². The van der Waals surface area contributed by atoms with E-state index in [4.69, 9.17) is 11.6 Å². The lowest BCUT2D eigenvalue weighted by Gasteiger charge is -2.08. The van der Waals surface area contributed by atoms with E-state index in [1.54, 1.807) is 48.5 Å². The van der Waals surface area contributed by atoms with Crippen molar-refractivity contribution in [2.24, 2.45) is 0 Å². The van der Waals surface area contributed by atoms with Gasteiger partial charge in [0.1, 0.15) is 0 Å². The number of carbonyl (C=O) groups is 1. The van der Waals surface area contributed by atoms with Gasteiger partial charge in [-0.05, 0) is 65.7 Å². The van der Waals surface area contributed by atoms with Crippen molar-refractivity contribution in [3.63, 3.8) is 0 Å². The molecule has 0 bridgehead atoms. The predicted molar refractivity (Wildman–Crippen MR) is 143 cm³/mol. The van der Waals surface area contributed by atoms with E-state index in [0.29, 0.717) is 21.9 Å². The molecule has 0 atom stereocenters. The smallest absolute Gasteiger partial charge is 0.308 e. The minimum absolute atomic E-state index is 0.158. The lowest BCUT2D eigenvalue weighted by atomic mass is 10.1. The summed E-state index contributed by atoms with van der Waals surface area (Å²) in [6, 6.07) is 22.5. The average molecular weight is 523 g/mol. The van der Waals surface area contributed by atoms with Crippen molar-refractivity contribution in [2.45, 2.75) is 11.8 Å². The summed E-state index contributed by atoms with van der Waals surface area (Å²) in [5.41, 5.74) is 2.64. The molecule has 0 aliphatic carbocycles. The summed E-state index contributed by atoms with van der Waals surface area (Å²) in [6.45, 7) is 1.88. The van der Waals surface area contributed by atoms with Gasteiger partial charge in [0.15, 0.2) is 5.13 Å². The lowest BCUT2D eigenvalue weighted by molar-refractivity contribution is 0.262. The Morgan fingerprint density at radius 2 is 1.60 bits per heavy atom. The summed E-state index contributed by atoms with van der Waals surface area (Å²) in [5, 5.41) is 8.10. The Balaban J connectivity index is 1.32. The van der Waals surface area contributed by atoms with Crippen LogP contribution in [-0.2, 0) is 10.0 Å². The third-order valence-electron chi connectivity index (χ3n) is 5.33. The number of urea groups is 1. The largest absolute Gasteiger partial charge is 0.323 e. The van der Waals surface area contributed by atoms with Gasteiger partial charge in [-0.15, -0.1) is 0 Å². The number of hydrogen-bond donors (Lipinski definition) is 3. The van der Waals surface area contributed by atoms with Crippen molar-refractivity contribution in [3.8, 4) is 0 Å². The number of anilines is 3. The maximum Gasteiger partial charge on any atom is 0.323 e. The van der Waals surface area contributed by atoms with E-state index in [2.05, 4.69) is 20.3 Å². The monoisotopic (exact) mass is 522 g/mol. The Labute approximate surface area is 210 Å². The fourth-order valence-corrected chi connectivity index (χ4v) is 5.87. The van der Waals surface area contributed by atoms with Gasteiger partial charge < -0.3 is 10.6 Å². The van der Waals surface area contributed by atoms with E-state index in [9.17, 15) is 13.2 Å². The molecule has 3 N–H and O–H groups in total. The summed E-state index contributed by atoms with van der Waals surface area (Å²) < 4.78 is 29.1. The van der Waals surface area contributed by atoms with Gasteiger partial charge in [0.2, 0.25) is 0 Å². The minimum Gasteiger partial charge on any atom is -0.308 e. The van der Waals surface area contributed by atoms with Crippen LogP contribution >= 0.6 is 22.9 Å². The number of halogens is 1. The molecule has 0 unspecified atom stereocenters. The average Bonchev–Trinajstić information content (AvgIpc) is 3.22. The summed E-state index contributed by atoms with van der Waals surface area (Å²) in [6.07, 6.45) is 0. The highest BCUT2D eigenvalue weighted by Gasteiger charge is 2.17. The highest BCUT2D eigenvalue weighted by Crippen LogP contribution is 2.30. The van der Waals surface area contributed by atoms with Gasteiger partial charge in [0.05, 0.1) is 15.1 Å². The molecular formula is C25H19ClN4O3S2. The van der Waals surface area contributed by atoms with Gasteiger partial charge in [-0.1, -0.05) is 59.3 Å². The molecule has 4 aromatic carbocycles. The molecule has 2 amide bonds. The SMILES string of the molecule is Cc1ccc(NC(=O)Nc2ccc3nc(NS(=O)(=O)c4ccc5ccccc5c4)sc3c2)cc1Cl. The number of sulfonamides is 1. The van der Waals surface area contributed by atoms with E-state index in [0.717, 1.165) is 21.0 Å². The molecule has 0 aliphatic rings. The zero-order chi connectivity index (χ0) is 24.6. The van der Waals surface area contributed by atoms with Gasteiger partial charge in [0, 0.05) is 16.4 Å². The van der Waals surface area contributed by atoms with Crippen molar-refractivity contribution >= 4 is 76.5 Å². The number of fused-ring (bicyclic) bond motifs is 2. The fraction of sp³-hybridized carbons (Fsp3) is 0.0400. The van der Waals surface area contributed by atoms with Gasteiger partial charge in [-0.3, -0.25) is 4.72 Å². The molecular weight excluding hydrogens is 504 g/mol. The number of amides is 2. The molecule has 0 fully saturated rings. The number of nitrogens with one attached hydrogen (secondary N) is 3. The van der Waals surface area contributed by atoms with Gasteiger partial charge >= 0.3 is 6.03 Å². The molecule has 0 aliphatic heterocycles. The first-order valence-electron chi connectivity index (χ1n) is 10.5. The van der Waals surface area contributed by atoms with E-state index >= 15 is 0 Å². The molecule has 10 heteroatoms. The molecule has 0 saturated heterocycles. The second-order valence-electron chi connectivity index (χ2n) is 7.86. The third-order valence-corrected chi connectivity index (χ3v) is 8.14. The summed E-state index contributed by atoms with van der Waals surface area (Å²) >= 11 is 7.29. The Kier molecular flexibility index (Phi) is 6.06. The van der Waals surface area contributed by atoms with Crippen LogP contribution < -0.4 is 15.4 Å². The molecule has 1 heterocycles. The topological polar surface area (TPSA) is 100 Å². The minimum atomic E-state index is -3.82. The quantitative estimate of drug-likeness (QED) is 0.235. The zero-order valence-electron chi connectivity index (χ0n) is 18.4. The van der Waals surface area contributed by atoms with E-state index in [1.165, 1.54) is 11.3 Å². The van der Waals surface area contributed by atoms with E-state index in [1.807, 2.05) is 37.3 Å². The molecule has 176 valence electrons. The summed E-state index contributed by atoms with van der Waals surface area (Å²) in [7, 11) is -3.82. The third kappa shape index (κ3) is 5.07. The van der Waals surface area contributed by atoms with Crippen molar-refractivity contribution < 1.29 is 13.2 Å². The van der Waals surface area contributed by atoms with Crippen LogP contribution in [0.3, 0.4) is 0 Å². The van der Waals surface area contributed by atoms with Crippen LogP contribution in [0.2, 0.25) is 5.02 Å². The van der Waals surface area contributed by atoms with Crippen LogP contribution in [-0.4, -0.2) is 19.4 Å². The standard InChI is InChI=1S/C25H19ClN4O3S2/c1-15-6-8-18(13-21(15)26)27-24(31)28-19-9-11-22-23(14-19)34-25(29-22)30-35(32,33)20-10-7-16-4-2-3-5-17(16)12-20/h2-14H,1H3,(H,29,30)(H2,27,28,31). The van der Waals surface area contributed by atoms with Crippen LogP contribution in [0.25, 0.3) is 21.0 Å².